The Morgan fingerprint density at radius 3 is 2.59 bits per heavy atom. The summed E-state index contributed by atoms with van der Waals surface area (Å²) < 4.78 is 26.1. The molecule has 2 rings (SSSR count). The number of halogens is 2. The predicted octanol–water partition coefficient (Wildman–Crippen LogP) is 2.01. The molecule has 0 atom stereocenters. The van der Waals surface area contributed by atoms with Crippen molar-refractivity contribution in [2.45, 2.75) is 0 Å². The zero-order valence-corrected chi connectivity index (χ0v) is 8.52. The van der Waals surface area contributed by atoms with E-state index in [2.05, 4.69) is 15.3 Å². The standard InChI is InChI=1S/C11H7F2N3O/c12-7-2-3-8(13)9(6-7)16-11(17)10-14-4-1-5-15-10/h1-6H,(H,16,17). The van der Waals surface area contributed by atoms with Gasteiger partial charge in [-0.25, -0.2) is 18.7 Å². The SMILES string of the molecule is O=C(Nc1cc(F)ccc1F)c1ncccn1. The van der Waals surface area contributed by atoms with E-state index in [0.717, 1.165) is 18.2 Å². The van der Waals surface area contributed by atoms with E-state index in [1.165, 1.54) is 12.4 Å². The van der Waals surface area contributed by atoms with Gasteiger partial charge in [-0.2, -0.15) is 0 Å². The number of aromatic nitrogens is 2. The molecule has 0 saturated heterocycles. The molecule has 1 aromatic heterocycles. The lowest BCUT2D eigenvalue weighted by atomic mass is 10.3. The summed E-state index contributed by atoms with van der Waals surface area (Å²) in [5.41, 5.74) is -0.248. The molecule has 4 nitrogen and oxygen atoms in total. The fourth-order valence-electron chi connectivity index (χ4n) is 1.19. The number of hydrogen-bond donors (Lipinski definition) is 1. The van der Waals surface area contributed by atoms with E-state index >= 15 is 0 Å². The molecule has 0 aliphatic heterocycles. The van der Waals surface area contributed by atoms with Crippen molar-refractivity contribution in [1.29, 1.82) is 0 Å². The Labute approximate surface area is 95.3 Å². The molecule has 86 valence electrons. The zero-order valence-electron chi connectivity index (χ0n) is 8.52. The van der Waals surface area contributed by atoms with Crippen molar-refractivity contribution in [3.8, 4) is 0 Å². The zero-order chi connectivity index (χ0) is 12.3. The molecule has 0 fully saturated rings. The first kappa shape index (κ1) is 11.1. The Hall–Kier alpha value is -2.37. The van der Waals surface area contributed by atoms with E-state index in [4.69, 9.17) is 0 Å². The van der Waals surface area contributed by atoms with Crippen LogP contribution in [0.15, 0.2) is 36.7 Å². The molecule has 0 aliphatic rings. The maximum absolute atomic E-state index is 13.2. The first-order chi connectivity index (χ1) is 8.16. The van der Waals surface area contributed by atoms with Crippen LogP contribution in [0.5, 0.6) is 0 Å². The third-order valence-corrected chi connectivity index (χ3v) is 1.95. The van der Waals surface area contributed by atoms with Gasteiger partial charge >= 0.3 is 0 Å². The minimum atomic E-state index is -0.726. The van der Waals surface area contributed by atoms with Crippen LogP contribution >= 0.6 is 0 Å². The Morgan fingerprint density at radius 1 is 1.18 bits per heavy atom. The van der Waals surface area contributed by atoms with Gasteiger partial charge in [0, 0.05) is 18.5 Å². The van der Waals surface area contributed by atoms with Gasteiger partial charge in [0.15, 0.2) is 0 Å². The molecule has 1 amide bonds. The smallest absolute Gasteiger partial charge is 0.293 e. The Bertz CT molecular complexity index is 546. The quantitative estimate of drug-likeness (QED) is 0.866. The van der Waals surface area contributed by atoms with Crippen LogP contribution in [-0.4, -0.2) is 15.9 Å². The number of anilines is 1. The summed E-state index contributed by atoms with van der Waals surface area (Å²) in [6, 6.07) is 4.32. The highest BCUT2D eigenvalue weighted by molar-refractivity contribution is 6.01. The summed E-state index contributed by atoms with van der Waals surface area (Å²) in [6.07, 6.45) is 2.76. The monoisotopic (exact) mass is 235 g/mol. The molecule has 17 heavy (non-hydrogen) atoms. The molecule has 0 unspecified atom stereocenters. The van der Waals surface area contributed by atoms with Crippen molar-refractivity contribution < 1.29 is 13.6 Å². The molecule has 0 aliphatic carbocycles. The second-order valence-electron chi connectivity index (χ2n) is 3.15. The number of carbonyl (C=O) groups excluding carboxylic acids is 1. The van der Waals surface area contributed by atoms with E-state index in [0.29, 0.717) is 0 Å². The summed E-state index contributed by atoms with van der Waals surface area (Å²) in [4.78, 5) is 18.9. The van der Waals surface area contributed by atoms with Crippen molar-refractivity contribution >= 4 is 11.6 Å². The van der Waals surface area contributed by atoms with Crippen molar-refractivity contribution in [3.63, 3.8) is 0 Å². The number of amides is 1. The molecule has 0 spiro atoms. The van der Waals surface area contributed by atoms with Crippen LogP contribution in [0.1, 0.15) is 10.6 Å². The molecule has 1 N–H and O–H groups in total. The summed E-state index contributed by atoms with van der Waals surface area (Å²) >= 11 is 0. The average molecular weight is 235 g/mol. The van der Waals surface area contributed by atoms with Gasteiger partial charge in [-0.3, -0.25) is 4.79 Å². The predicted molar refractivity (Wildman–Crippen MR) is 56.3 cm³/mol. The van der Waals surface area contributed by atoms with Crippen LogP contribution in [-0.2, 0) is 0 Å². The lowest BCUT2D eigenvalue weighted by molar-refractivity contribution is 0.101. The van der Waals surface area contributed by atoms with Crippen molar-refractivity contribution in [2.24, 2.45) is 0 Å². The lowest BCUT2D eigenvalue weighted by Crippen LogP contribution is -2.16. The van der Waals surface area contributed by atoms with E-state index in [1.54, 1.807) is 6.07 Å². The van der Waals surface area contributed by atoms with Crippen molar-refractivity contribution in [3.05, 3.63) is 54.1 Å². The van der Waals surface area contributed by atoms with Gasteiger partial charge in [0.2, 0.25) is 5.82 Å². The fraction of sp³-hybridized carbons (Fsp3) is 0. The fourth-order valence-corrected chi connectivity index (χ4v) is 1.19. The molecule has 1 heterocycles. The third-order valence-electron chi connectivity index (χ3n) is 1.95. The largest absolute Gasteiger partial charge is 0.317 e. The summed E-state index contributed by atoms with van der Waals surface area (Å²) in [7, 11) is 0. The van der Waals surface area contributed by atoms with Crippen LogP contribution in [0.2, 0.25) is 0 Å². The summed E-state index contributed by atoms with van der Waals surface area (Å²) in [6.45, 7) is 0. The molecule has 6 heteroatoms. The van der Waals surface area contributed by atoms with Crippen molar-refractivity contribution in [2.75, 3.05) is 5.32 Å². The molecule has 0 radical (unpaired) electrons. The number of nitrogens with one attached hydrogen (secondary N) is 1. The minimum absolute atomic E-state index is 0.115. The second kappa shape index (κ2) is 4.65. The topological polar surface area (TPSA) is 54.9 Å². The Kier molecular flexibility index (Phi) is 3.04. The Morgan fingerprint density at radius 2 is 1.88 bits per heavy atom. The minimum Gasteiger partial charge on any atom is -0.317 e. The van der Waals surface area contributed by atoms with Gasteiger partial charge in [0.05, 0.1) is 5.69 Å². The average Bonchev–Trinajstić information content (AvgIpc) is 2.35. The highest BCUT2D eigenvalue weighted by atomic mass is 19.1. The van der Waals surface area contributed by atoms with Gasteiger partial charge in [-0.05, 0) is 18.2 Å². The van der Waals surface area contributed by atoms with Crippen molar-refractivity contribution in [1.82, 2.24) is 9.97 Å². The number of benzene rings is 1. The van der Waals surface area contributed by atoms with E-state index in [9.17, 15) is 13.6 Å². The van der Waals surface area contributed by atoms with Crippen LogP contribution in [0.25, 0.3) is 0 Å². The van der Waals surface area contributed by atoms with Crippen LogP contribution < -0.4 is 5.32 Å². The Balaban J connectivity index is 2.22. The van der Waals surface area contributed by atoms with Gasteiger partial charge in [0.1, 0.15) is 11.6 Å². The first-order valence-corrected chi connectivity index (χ1v) is 4.70. The molecular weight excluding hydrogens is 228 g/mol. The maximum Gasteiger partial charge on any atom is 0.293 e. The van der Waals surface area contributed by atoms with Gasteiger partial charge < -0.3 is 5.32 Å². The summed E-state index contributed by atoms with van der Waals surface area (Å²) in [5, 5.41) is 2.19. The lowest BCUT2D eigenvalue weighted by Gasteiger charge is -2.04. The van der Waals surface area contributed by atoms with Crippen LogP contribution in [0.3, 0.4) is 0 Å². The first-order valence-electron chi connectivity index (χ1n) is 4.70. The van der Waals surface area contributed by atoms with Crippen LogP contribution in [0, 0.1) is 11.6 Å². The van der Waals surface area contributed by atoms with Gasteiger partial charge in [-0.1, -0.05) is 0 Å². The van der Waals surface area contributed by atoms with E-state index < -0.39 is 17.5 Å². The number of nitrogens with zero attached hydrogens (tertiary/aromatic N) is 2. The molecule has 0 bridgehead atoms. The van der Waals surface area contributed by atoms with Gasteiger partial charge in [0.25, 0.3) is 5.91 Å². The number of carbonyl (C=O) groups is 1. The van der Waals surface area contributed by atoms with E-state index in [1.807, 2.05) is 0 Å². The molecule has 0 saturated carbocycles. The molecular formula is C11H7F2N3O. The van der Waals surface area contributed by atoms with E-state index in [-0.39, 0.29) is 11.5 Å². The van der Waals surface area contributed by atoms with Gasteiger partial charge in [-0.15, -0.1) is 0 Å². The summed E-state index contributed by atoms with van der Waals surface area (Å²) in [5.74, 6) is -2.18. The second-order valence-corrected chi connectivity index (χ2v) is 3.15. The maximum atomic E-state index is 13.2. The van der Waals surface area contributed by atoms with Crippen LogP contribution in [0.4, 0.5) is 14.5 Å². The number of hydrogen-bond acceptors (Lipinski definition) is 3. The highest BCUT2D eigenvalue weighted by Crippen LogP contribution is 2.15. The molecule has 2 aromatic rings. The molecule has 1 aromatic carbocycles. The third kappa shape index (κ3) is 2.60. The highest BCUT2D eigenvalue weighted by Gasteiger charge is 2.11. The number of rotatable bonds is 2. The normalized spacial score (nSPS) is 10.0.